The summed E-state index contributed by atoms with van der Waals surface area (Å²) >= 11 is 1.66. The molecular weight excluding hydrogens is 653 g/mol. The lowest BCUT2D eigenvalue weighted by Gasteiger charge is -2.46. The van der Waals surface area contributed by atoms with E-state index in [0.717, 1.165) is 27.1 Å². The van der Waals surface area contributed by atoms with Crippen LogP contribution in [0.1, 0.15) is 27.8 Å². The zero-order valence-electron chi connectivity index (χ0n) is 28.9. The largest absolute Gasteiger partial charge is 0.374 e. The Morgan fingerprint density at radius 1 is 0.490 bits per heavy atom. The van der Waals surface area contributed by atoms with Crippen LogP contribution < -0.4 is 0 Å². The average Bonchev–Trinajstić information content (AvgIpc) is 3.18. The second-order valence-electron chi connectivity index (χ2n) is 13.0. The minimum Gasteiger partial charge on any atom is -0.374 e. The van der Waals surface area contributed by atoms with Crippen molar-refractivity contribution in [2.45, 2.75) is 68.1 Å². The van der Waals surface area contributed by atoms with E-state index in [2.05, 4.69) is 110 Å². The Morgan fingerprint density at radius 2 is 1.02 bits per heavy atom. The van der Waals surface area contributed by atoms with Gasteiger partial charge in [0.25, 0.3) is 0 Å². The fourth-order valence-electron chi connectivity index (χ4n) is 6.35. The van der Waals surface area contributed by atoms with E-state index in [1.54, 1.807) is 11.8 Å². The fourth-order valence-corrected chi connectivity index (χ4v) is 7.47. The smallest absolute Gasteiger partial charge is 0.137 e. The second kappa shape index (κ2) is 17.8. The van der Waals surface area contributed by atoms with Crippen LogP contribution in [0.25, 0.3) is 10.8 Å². The van der Waals surface area contributed by atoms with E-state index in [-0.39, 0.29) is 5.44 Å². The Morgan fingerprint density at radius 3 is 1.63 bits per heavy atom. The highest BCUT2D eigenvalue weighted by molar-refractivity contribution is 7.99. The Hall–Kier alpha value is -4.27. The van der Waals surface area contributed by atoms with Crippen LogP contribution in [0.3, 0.4) is 0 Å². The minimum absolute atomic E-state index is 0.327. The molecule has 0 saturated carbocycles. The van der Waals surface area contributed by atoms with Crippen molar-refractivity contribution >= 4 is 22.5 Å². The molecule has 0 aromatic heterocycles. The van der Waals surface area contributed by atoms with Gasteiger partial charge in [-0.2, -0.15) is 0 Å². The molecular formula is C45H44O5S. The van der Waals surface area contributed by atoms with Gasteiger partial charge in [-0.3, -0.25) is 0 Å². The SMILES string of the molecule is Cc1ccc(S[C@H]2O[C@H](COCc3ccc4ccccc4c3)[C@@H](OCc3ccccc3)[C@H](OCc3ccccc3)[C@@H]2OCc2ccccc2)cc1. The molecule has 0 radical (unpaired) electrons. The maximum atomic E-state index is 7.02. The first-order chi connectivity index (χ1) is 25.2. The Kier molecular flexibility index (Phi) is 12.3. The summed E-state index contributed by atoms with van der Waals surface area (Å²) < 4.78 is 34.0. The molecule has 1 heterocycles. The quantitative estimate of drug-likeness (QED) is 0.107. The van der Waals surface area contributed by atoms with E-state index in [1.807, 2.05) is 54.6 Å². The fraction of sp³-hybridized carbons (Fsp3) is 0.244. The van der Waals surface area contributed by atoms with Crippen LogP contribution >= 0.6 is 11.8 Å². The Balaban J connectivity index is 1.19. The third-order valence-corrected chi connectivity index (χ3v) is 10.2. The third kappa shape index (κ3) is 9.75. The van der Waals surface area contributed by atoms with Gasteiger partial charge >= 0.3 is 0 Å². The molecule has 1 fully saturated rings. The van der Waals surface area contributed by atoms with Crippen molar-refractivity contribution in [1.29, 1.82) is 0 Å². The highest BCUT2D eigenvalue weighted by Gasteiger charge is 2.49. The maximum absolute atomic E-state index is 7.02. The number of benzene rings is 6. The molecule has 5 nitrogen and oxygen atoms in total. The van der Waals surface area contributed by atoms with Crippen molar-refractivity contribution in [2.75, 3.05) is 6.61 Å². The maximum Gasteiger partial charge on any atom is 0.137 e. The van der Waals surface area contributed by atoms with Gasteiger partial charge in [0, 0.05) is 4.90 Å². The lowest BCUT2D eigenvalue weighted by Crippen LogP contribution is -2.60. The predicted molar refractivity (Wildman–Crippen MR) is 204 cm³/mol. The number of hydrogen-bond donors (Lipinski definition) is 0. The van der Waals surface area contributed by atoms with Crippen LogP contribution in [0.15, 0.2) is 163 Å². The zero-order chi connectivity index (χ0) is 34.7. The monoisotopic (exact) mass is 696 g/mol. The average molecular weight is 697 g/mol. The summed E-state index contributed by atoms with van der Waals surface area (Å²) in [4.78, 5) is 1.10. The van der Waals surface area contributed by atoms with Crippen molar-refractivity contribution in [3.63, 3.8) is 0 Å². The van der Waals surface area contributed by atoms with Crippen molar-refractivity contribution in [3.05, 3.63) is 186 Å². The van der Waals surface area contributed by atoms with Crippen LogP contribution in [0, 0.1) is 6.92 Å². The van der Waals surface area contributed by atoms with Crippen molar-refractivity contribution in [1.82, 2.24) is 0 Å². The van der Waals surface area contributed by atoms with Crippen LogP contribution in [0.4, 0.5) is 0 Å². The highest BCUT2D eigenvalue weighted by atomic mass is 32.2. The number of ether oxygens (including phenoxy) is 5. The summed E-state index contributed by atoms with van der Waals surface area (Å²) in [6.07, 6.45) is -1.79. The number of rotatable bonds is 15. The third-order valence-electron chi connectivity index (χ3n) is 9.08. The molecule has 5 atom stereocenters. The lowest BCUT2D eigenvalue weighted by atomic mass is 9.98. The Labute approximate surface area is 305 Å². The van der Waals surface area contributed by atoms with Gasteiger partial charge in [-0.25, -0.2) is 0 Å². The van der Waals surface area contributed by atoms with Gasteiger partial charge in [-0.1, -0.05) is 157 Å². The summed E-state index contributed by atoms with van der Waals surface area (Å²) in [5.74, 6) is 0. The Bertz CT molecular complexity index is 1920. The summed E-state index contributed by atoms with van der Waals surface area (Å²) in [7, 11) is 0. The first kappa shape index (κ1) is 35.1. The summed E-state index contributed by atoms with van der Waals surface area (Å²) in [6.45, 7) is 4.11. The standard InChI is InChI=1S/C45H44O5S/c1-33-21-25-40(26-22-33)51-45-44(49-31-36-17-9-4-10-18-36)43(48-30-35-15-7-3-8-16-35)42(47-29-34-13-5-2-6-14-34)41(50-45)32-46-28-37-23-24-38-19-11-12-20-39(38)27-37/h2-27,41-45H,28-32H2,1H3/t41-,42-,43+,44+,45-/m1/s1. The summed E-state index contributed by atoms with van der Waals surface area (Å²) in [5, 5.41) is 2.40. The summed E-state index contributed by atoms with van der Waals surface area (Å²) in [6, 6.07) is 54.1. The molecule has 51 heavy (non-hydrogen) atoms. The van der Waals surface area contributed by atoms with Crippen molar-refractivity contribution in [2.24, 2.45) is 0 Å². The number of aryl methyl sites for hydroxylation is 1. The van der Waals surface area contributed by atoms with E-state index in [0.29, 0.717) is 33.0 Å². The molecule has 0 amide bonds. The van der Waals surface area contributed by atoms with Gasteiger partial charge in [0.05, 0.1) is 33.0 Å². The zero-order valence-corrected chi connectivity index (χ0v) is 29.7. The number of fused-ring (bicyclic) bond motifs is 1. The molecule has 260 valence electrons. The number of thioether (sulfide) groups is 1. The highest BCUT2D eigenvalue weighted by Crippen LogP contribution is 2.38. The first-order valence-electron chi connectivity index (χ1n) is 17.6. The van der Waals surface area contributed by atoms with Crippen LogP contribution in [0.2, 0.25) is 0 Å². The van der Waals surface area contributed by atoms with Gasteiger partial charge in [-0.15, -0.1) is 0 Å². The van der Waals surface area contributed by atoms with E-state index < -0.39 is 24.4 Å². The molecule has 0 N–H and O–H groups in total. The lowest BCUT2D eigenvalue weighted by molar-refractivity contribution is -0.254. The van der Waals surface area contributed by atoms with E-state index >= 15 is 0 Å². The van der Waals surface area contributed by atoms with E-state index in [1.165, 1.54) is 16.3 Å². The van der Waals surface area contributed by atoms with Gasteiger partial charge in [0.2, 0.25) is 0 Å². The van der Waals surface area contributed by atoms with Crippen LogP contribution in [-0.4, -0.2) is 36.5 Å². The molecule has 0 spiro atoms. The van der Waals surface area contributed by atoms with Gasteiger partial charge in [-0.05, 0) is 58.1 Å². The van der Waals surface area contributed by atoms with E-state index in [9.17, 15) is 0 Å². The topological polar surface area (TPSA) is 46.2 Å². The normalized spacial score (nSPS) is 20.4. The van der Waals surface area contributed by atoms with Gasteiger partial charge in [0.1, 0.15) is 29.9 Å². The minimum atomic E-state index is -0.471. The van der Waals surface area contributed by atoms with E-state index in [4.69, 9.17) is 23.7 Å². The molecule has 0 aliphatic carbocycles. The van der Waals surface area contributed by atoms with Crippen LogP contribution in [-0.2, 0) is 50.1 Å². The van der Waals surface area contributed by atoms with Crippen LogP contribution in [0.5, 0.6) is 0 Å². The molecule has 1 saturated heterocycles. The molecule has 1 aliphatic heterocycles. The second-order valence-corrected chi connectivity index (χ2v) is 14.1. The molecule has 1 aliphatic rings. The molecule has 6 aromatic rings. The first-order valence-corrected chi connectivity index (χ1v) is 18.5. The molecule has 0 unspecified atom stereocenters. The molecule has 0 bridgehead atoms. The van der Waals surface area contributed by atoms with Gasteiger partial charge in [0.15, 0.2) is 0 Å². The van der Waals surface area contributed by atoms with Crippen molar-refractivity contribution in [3.8, 4) is 0 Å². The molecule has 6 heteroatoms. The van der Waals surface area contributed by atoms with Crippen molar-refractivity contribution < 1.29 is 23.7 Å². The predicted octanol–water partition coefficient (Wildman–Crippen LogP) is 9.94. The summed E-state index contributed by atoms with van der Waals surface area (Å²) in [5.41, 5.74) is 5.17. The molecule has 6 aromatic carbocycles. The van der Waals surface area contributed by atoms with Gasteiger partial charge < -0.3 is 23.7 Å². The molecule has 7 rings (SSSR count). The number of hydrogen-bond acceptors (Lipinski definition) is 6.